The molecule has 0 aliphatic rings. The predicted octanol–water partition coefficient (Wildman–Crippen LogP) is 3.32. The van der Waals surface area contributed by atoms with Crippen molar-refractivity contribution in [1.82, 2.24) is 4.98 Å². The van der Waals surface area contributed by atoms with Crippen molar-refractivity contribution in [3.8, 4) is 0 Å². The van der Waals surface area contributed by atoms with Crippen LogP contribution in [0.25, 0.3) is 0 Å². The quantitative estimate of drug-likeness (QED) is 0.905. The van der Waals surface area contributed by atoms with Crippen LogP contribution in [0.1, 0.15) is 36.6 Å². The van der Waals surface area contributed by atoms with Crippen LogP contribution < -0.4 is 4.90 Å². The molecule has 0 radical (unpaired) electrons. The number of aliphatic hydroxyl groups is 1. The van der Waals surface area contributed by atoms with Gasteiger partial charge in [-0.3, -0.25) is 0 Å². The lowest BCUT2D eigenvalue weighted by molar-refractivity contribution is 0.219. The minimum absolute atomic E-state index is 0.616. The number of rotatable bonds is 5. The van der Waals surface area contributed by atoms with Gasteiger partial charge < -0.3 is 10.0 Å². The number of anilines is 1. The molecule has 2 rings (SSSR count). The van der Waals surface area contributed by atoms with Crippen LogP contribution in [0, 0.1) is 6.92 Å². The average molecular weight is 270 g/mol. The van der Waals surface area contributed by atoms with Gasteiger partial charge in [-0.15, -0.1) is 0 Å². The number of aryl methyl sites for hydroxylation is 1. The number of pyridine rings is 1. The van der Waals surface area contributed by atoms with Gasteiger partial charge in [0.2, 0.25) is 0 Å². The fourth-order valence-electron chi connectivity index (χ4n) is 2.37. The fourth-order valence-corrected chi connectivity index (χ4v) is 2.37. The average Bonchev–Trinajstić information content (AvgIpc) is 2.49. The van der Waals surface area contributed by atoms with E-state index in [9.17, 15) is 5.11 Å². The van der Waals surface area contributed by atoms with E-state index in [1.54, 1.807) is 6.20 Å². The molecule has 20 heavy (non-hydrogen) atoms. The second kappa shape index (κ2) is 6.53. The van der Waals surface area contributed by atoms with Gasteiger partial charge in [0, 0.05) is 24.8 Å². The van der Waals surface area contributed by atoms with Crippen LogP contribution in [0.15, 0.2) is 42.6 Å². The van der Waals surface area contributed by atoms with E-state index in [2.05, 4.69) is 29.8 Å². The van der Waals surface area contributed by atoms with Crippen molar-refractivity contribution in [1.29, 1.82) is 0 Å². The van der Waals surface area contributed by atoms with Crippen molar-refractivity contribution in [2.75, 3.05) is 18.0 Å². The zero-order valence-corrected chi connectivity index (χ0v) is 12.4. The summed E-state index contributed by atoms with van der Waals surface area (Å²) in [5.74, 6) is 0.969. The normalized spacial score (nSPS) is 12.2. The molecule has 0 saturated heterocycles. The number of hydrogen-bond acceptors (Lipinski definition) is 3. The van der Waals surface area contributed by atoms with Crippen molar-refractivity contribution in [3.63, 3.8) is 0 Å². The molecule has 1 atom stereocenters. The predicted molar refractivity (Wildman–Crippen MR) is 83.0 cm³/mol. The van der Waals surface area contributed by atoms with Crippen LogP contribution in [-0.2, 0) is 0 Å². The smallest absolute Gasteiger partial charge is 0.128 e. The summed E-state index contributed by atoms with van der Waals surface area (Å²) in [4.78, 5) is 6.69. The molecular formula is C17H22N2O. The molecule has 0 unspecified atom stereocenters. The van der Waals surface area contributed by atoms with Crippen LogP contribution in [0.4, 0.5) is 5.82 Å². The van der Waals surface area contributed by atoms with Gasteiger partial charge in [0.25, 0.3) is 0 Å². The van der Waals surface area contributed by atoms with Crippen LogP contribution >= 0.6 is 0 Å². The third-order valence-corrected chi connectivity index (χ3v) is 3.63. The maximum absolute atomic E-state index is 10.5. The Bertz CT molecular complexity index is 550. The summed E-state index contributed by atoms with van der Waals surface area (Å²) >= 11 is 0. The van der Waals surface area contributed by atoms with Gasteiger partial charge in [-0.25, -0.2) is 4.98 Å². The van der Waals surface area contributed by atoms with Gasteiger partial charge in [0.05, 0.1) is 0 Å². The molecule has 2 aromatic rings. The molecule has 0 amide bonds. The van der Waals surface area contributed by atoms with E-state index in [4.69, 9.17) is 0 Å². The number of benzene rings is 1. The SMILES string of the molecule is CCN(CC)c1cc(C)c([C@H](O)c2ccccc2)cn1. The lowest BCUT2D eigenvalue weighted by atomic mass is 9.99. The molecule has 0 aliphatic heterocycles. The molecule has 0 spiro atoms. The number of aliphatic hydroxyl groups excluding tert-OH is 1. The van der Waals surface area contributed by atoms with Crippen LogP contribution in [0.3, 0.4) is 0 Å². The number of nitrogens with zero attached hydrogens (tertiary/aromatic N) is 2. The van der Waals surface area contributed by atoms with Crippen molar-refractivity contribution < 1.29 is 5.11 Å². The first-order chi connectivity index (χ1) is 9.67. The zero-order valence-electron chi connectivity index (χ0n) is 12.4. The first-order valence-corrected chi connectivity index (χ1v) is 7.11. The Hall–Kier alpha value is -1.87. The molecule has 106 valence electrons. The van der Waals surface area contributed by atoms with E-state index in [-0.39, 0.29) is 0 Å². The largest absolute Gasteiger partial charge is 0.384 e. The van der Waals surface area contributed by atoms with Crippen molar-refractivity contribution in [2.45, 2.75) is 26.9 Å². The third kappa shape index (κ3) is 2.99. The fraction of sp³-hybridized carbons (Fsp3) is 0.353. The minimum atomic E-state index is -0.616. The highest BCUT2D eigenvalue weighted by Crippen LogP contribution is 2.26. The lowest BCUT2D eigenvalue weighted by Gasteiger charge is -2.22. The monoisotopic (exact) mass is 270 g/mol. The summed E-state index contributed by atoms with van der Waals surface area (Å²) in [7, 11) is 0. The van der Waals surface area contributed by atoms with Crippen molar-refractivity contribution >= 4 is 5.82 Å². The van der Waals surface area contributed by atoms with E-state index < -0.39 is 6.10 Å². The molecule has 3 nitrogen and oxygen atoms in total. The zero-order chi connectivity index (χ0) is 14.5. The Kier molecular flexibility index (Phi) is 4.74. The number of hydrogen-bond donors (Lipinski definition) is 1. The van der Waals surface area contributed by atoms with Crippen LogP contribution in [0.5, 0.6) is 0 Å². The third-order valence-electron chi connectivity index (χ3n) is 3.63. The van der Waals surface area contributed by atoms with Crippen LogP contribution in [-0.4, -0.2) is 23.2 Å². The minimum Gasteiger partial charge on any atom is -0.384 e. The van der Waals surface area contributed by atoms with Gasteiger partial charge in [0.15, 0.2) is 0 Å². The van der Waals surface area contributed by atoms with E-state index in [0.29, 0.717) is 0 Å². The maximum Gasteiger partial charge on any atom is 0.128 e. The highest BCUT2D eigenvalue weighted by molar-refractivity contribution is 5.45. The van der Waals surface area contributed by atoms with Gasteiger partial charge in [-0.05, 0) is 38.0 Å². The molecular weight excluding hydrogens is 248 g/mol. The summed E-state index contributed by atoms with van der Waals surface area (Å²) < 4.78 is 0. The summed E-state index contributed by atoms with van der Waals surface area (Å²) in [5, 5.41) is 10.5. The Morgan fingerprint density at radius 3 is 2.35 bits per heavy atom. The highest BCUT2D eigenvalue weighted by atomic mass is 16.3. The molecule has 0 saturated carbocycles. The summed E-state index contributed by atoms with van der Waals surface area (Å²) in [6.45, 7) is 8.13. The highest BCUT2D eigenvalue weighted by Gasteiger charge is 2.14. The molecule has 1 aromatic heterocycles. The molecule has 1 aromatic carbocycles. The lowest BCUT2D eigenvalue weighted by Crippen LogP contribution is -2.23. The first kappa shape index (κ1) is 14.5. The maximum atomic E-state index is 10.5. The molecule has 3 heteroatoms. The van der Waals surface area contributed by atoms with Crippen LogP contribution in [0.2, 0.25) is 0 Å². The van der Waals surface area contributed by atoms with Gasteiger partial charge in [0.1, 0.15) is 11.9 Å². The van der Waals surface area contributed by atoms with E-state index in [1.807, 2.05) is 37.3 Å². The van der Waals surface area contributed by atoms with Crippen molar-refractivity contribution in [3.05, 3.63) is 59.3 Å². The molecule has 1 heterocycles. The Morgan fingerprint density at radius 2 is 1.80 bits per heavy atom. The summed E-state index contributed by atoms with van der Waals surface area (Å²) in [6.07, 6.45) is 1.18. The second-order valence-electron chi connectivity index (χ2n) is 4.88. The Labute approximate surface area is 120 Å². The molecule has 0 fully saturated rings. The summed E-state index contributed by atoms with van der Waals surface area (Å²) in [5.41, 5.74) is 2.83. The van der Waals surface area contributed by atoms with Crippen molar-refractivity contribution in [2.24, 2.45) is 0 Å². The topological polar surface area (TPSA) is 36.4 Å². The van der Waals surface area contributed by atoms with Gasteiger partial charge >= 0.3 is 0 Å². The Balaban J connectivity index is 2.30. The molecule has 0 bridgehead atoms. The van der Waals surface area contributed by atoms with E-state index >= 15 is 0 Å². The van der Waals surface area contributed by atoms with Gasteiger partial charge in [-0.1, -0.05) is 30.3 Å². The second-order valence-corrected chi connectivity index (χ2v) is 4.88. The molecule has 0 aliphatic carbocycles. The van der Waals surface area contributed by atoms with E-state index in [1.165, 1.54) is 0 Å². The number of aromatic nitrogens is 1. The summed E-state index contributed by atoms with van der Waals surface area (Å²) in [6, 6.07) is 11.7. The van der Waals surface area contributed by atoms with E-state index in [0.717, 1.165) is 35.6 Å². The first-order valence-electron chi connectivity index (χ1n) is 7.11. The Morgan fingerprint density at radius 1 is 1.15 bits per heavy atom. The van der Waals surface area contributed by atoms with Gasteiger partial charge in [-0.2, -0.15) is 0 Å². The standard InChI is InChI=1S/C17H22N2O/c1-4-19(5-2)16-11-13(3)15(12-18-16)17(20)14-9-7-6-8-10-14/h6-12,17,20H,4-5H2,1-3H3/t17-/m1/s1. The molecule has 1 N–H and O–H groups in total.